The Morgan fingerprint density at radius 3 is 2.78 bits per heavy atom. The monoisotopic (exact) mass is 247 g/mol. The van der Waals surface area contributed by atoms with Crippen molar-refractivity contribution in [1.82, 2.24) is 4.90 Å². The molecule has 1 heterocycles. The van der Waals surface area contributed by atoms with E-state index >= 15 is 0 Å². The maximum Gasteiger partial charge on any atom is 0.320 e. The second-order valence-electron chi connectivity index (χ2n) is 5.05. The first-order valence-corrected chi connectivity index (χ1v) is 6.65. The van der Waals surface area contributed by atoms with Crippen LogP contribution < -0.4 is 0 Å². The number of rotatable bonds is 4. The maximum absolute atomic E-state index is 11.5. The third-order valence-corrected chi connectivity index (χ3v) is 3.60. The van der Waals surface area contributed by atoms with Gasteiger partial charge in [0, 0.05) is 6.54 Å². The molecule has 0 saturated carbocycles. The first-order chi connectivity index (χ1) is 8.70. The highest BCUT2D eigenvalue weighted by atomic mass is 16.5. The van der Waals surface area contributed by atoms with Gasteiger partial charge in [-0.15, -0.1) is 0 Å². The van der Waals surface area contributed by atoms with Crippen molar-refractivity contribution in [3.63, 3.8) is 0 Å². The third-order valence-electron chi connectivity index (χ3n) is 3.60. The predicted octanol–water partition coefficient (Wildman–Crippen LogP) is 2.63. The fourth-order valence-corrected chi connectivity index (χ4v) is 2.30. The number of ether oxygens (including phenoxy) is 1. The van der Waals surface area contributed by atoms with Crippen LogP contribution in [0.4, 0.5) is 0 Å². The number of carbonyl (C=O) groups excluding carboxylic acids is 1. The van der Waals surface area contributed by atoms with Crippen molar-refractivity contribution in [2.75, 3.05) is 19.7 Å². The standard InChI is InChI=1S/C15H21NO2/c1-3-12(2)9-16-10-15(17)18-11-14(16)13-7-5-4-6-8-13/h4-8,12,14H,3,9-11H2,1-2H3/t12-,14?/m0/s1. The van der Waals surface area contributed by atoms with E-state index in [1.807, 2.05) is 18.2 Å². The van der Waals surface area contributed by atoms with Crippen molar-refractivity contribution >= 4 is 5.97 Å². The Morgan fingerprint density at radius 2 is 2.11 bits per heavy atom. The zero-order chi connectivity index (χ0) is 13.0. The lowest BCUT2D eigenvalue weighted by Gasteiger charge is -2.36. The second-order valence-corrected chi connectivity index (χ2v) is 5.05. The third kappa shape index (κ3) is 3.10. The minimum atomic E-state index is -0.106. The number of hydrogen-bond donors (Lipinski definition) is 0. The van der Waals surface area contributed by atoms with E-state index in [1.165, 1.54) is 5.56 Å². The molecule has 3 nitrogen and oxygen atoms in total. The number of morpholine rings is 1. The van der Waals surface area contributed by atoms with Crippen LogP contribution in [0.1, 0.15) is 31.9 Å². The van der Waals surface area contributed by atoms with Crippen LogP contribution in [-0.2, 0) is 9.53 Å². The van der Waals surface area contributed by atoms with Gasteiger partial charge >= 0.3 is 5.97 Å². The zero-order valence-electron chi connectivity index (χ0n) is 11.1. The van der Waals surface area contributed by atoms with Crippen LogP contribution in [-0.4, -0.2) is 30.6 Å². The van der Waals surface area contributed by atoms with E-state index in [9.17, 15) is 4.79 Å². The highest BCUT2D eigenvalue weighted by Crippen LogP contribution is 2.25. The summed E-state index contributed by atoms with van der Waals surface area (Å²) < 4.78 is 5.21. The van der Waals surface area contributed by atoms with Gasteiger partial charge in [0.25, 0.3) is 0 Å². The summed E-state index contributed by atoms with van der Waals surface area (Å²) in [4.78, 5) is 13.7. The molecule has 1 saturated heterocycles. The summed E-state index contributed by atoms with van der Waals surface area (Å²) in [6, 6.07) is 10.5. The van der Waals surface area contributed by atoms with E-state index < -0.39 is 0 Å². The molecule has 0 aromatic heterocycles. The van der Waals surface area contributed by atoms with Crippen molar-refractivity contribution in [2.45, 2.75) is 26.3 Å². The molecule has 0 radical (unpaired) electrons. The minimum Gasteiger partial charge on any atom is -0.463 e. The Balaban J connectivity index is 2.13. The molecule has 1 aliphatic heterocycles. The SMILES string of the molecule is CC[C@H](C)CN1CC(=O)OCC1c1ccccc1. The van der Waals surface area contributed by atoms with Crippen LogP contribution in [0.25, 0.3) is 0 Å². The lowest BCUT2D eigenvalue weighted by Crippen LogP contribution is -2.44. The van der Waals surface area contributed by atoms with E-state index in [2.05, 4.69) is 30.9 Å². The van der Waals surface area contributed by atoms with Crippen LogP contribution in [0.5, 0.6) is 0 Å². The number of esters is 1. The summed E-state index contributed by atoms with van der Waals surface area (Å²) in [5.41, 5.74) is 1.23. The van der Waals surface area contributed by atoms with Gasteiger partial charge in [0.15, 0.2) is 0 Å². The van der Waals surface area contributed by atoms with Gasteiger partial charge in [-0.2, -0.15) is 0 Å². The smallest absolute Gasteiger partial charge is 0.320 e. The van der Waals surface area contributed by atoms with E-state index in [1.54, 1.807) is 0 Å². The highest BCUT2D eigenvalue weighted by Gasteiger charge is 2.29. The molecule has 18 heavy (non-hydrogen) atoms. The molecule has 0 spiro atoms. The van der Waals surface area contributed by atoms with Crippen LogP contribution in [0, 0.1) is 5.92 Å². The molecule has 3 heteroatoms. The minimum absolute atomic E-state index is 0.106. The molecule has 0 bridgehead atoms. The van der Waals surface area contributed by atoms with E-state index in [-0.39, 0.29) is 12.0 Å². The van der Waals surface area contributed by atoms with Crippen molar-refractivity contribution in [2.24, 2.45) is 5.92 Å². The summed E-state index contributed by atoms with van der Waals surface area (Å²) in [6.45, 7) is 6.24. The normalized spacial score (nSPS) is 22.6. The fraction of sp³-hybridized carbons (Fsp3) is 0.533. The van der Waals surface area contributed by atoms with Crippen LogP contribution in [0.2, 0.25) is 0 Å². The Hall–Kier alpha value is -1.35. The quantitative estimate of drug-likeness (QED) is 0.766. The van der Waals surface area contributed by atoms with Gasteiger partial charge in [-0.1, -0.05) is 50.6 Å². The lowest BCUT2D eigenvalue weighted by molar-refractivity contribution is -0.155. The van der Waals surface area contributed by atoms with Gasteiger partial charge in [0.1, 0.15) is 6.61 Å². The van der Waals surface area contributed by atoms with E-state index in [0.29, 0.717) is 19.1 Å². The molecule has 2 atom stereocenters. The number of cyclic esters (lactones) is 1. The van der Waals surface area contributed by atoms with Crippen molar-refractivity contribution in [1.29, 1.82) is 0 Å². The molecule has 98 valence electrons. The molecular weight excluding hydrogens is 226 g/mol. The average Bonchev–Trinajstić information content (AvgIpc) is 2.40. The lowest BCUT2D eigenvalue weighted by atomic mass is 10.0. The largest absolute Gasteiger partial charge is 0.463 e. The molecular formula is C15H21NO2. The molecule has 0 aliphatic carbocycles. The van der Waals surface area contributed by atoms with Gasteiger partial charge in [0.2, 0.25) is 0 Å². The predicted molar refractivity (Wildman–Crippen MR) is 71.2 cm³/mol. The van der Waals surface area contributed by atoms with Gasteiger partial charge in [-0.3, -0.25) is 9.69 Å². The number of hydrogen-bond acceptors (Lipinski definition) is 3. The molecule has 2 rings (SSSR count). The summed E-state index contributed by atoms with van der Waals surface area (Å²) in [7, 11) is 0. The highest BCUT2D eigenvalue weighted by molar-refractivity contribution is 5.72. The molecule has 1 aliphatic rings. The number of nitrogens with zero attached hydrogens (tertiary/aromatic N) is 1. The number of benzene rings is 1. The Bertz CT molecular complexity index is 391. The molecule has 1 aromatic carbocycles. The molecule has 1 fully saturated rings. The van der Waals surface area contributed by atoms with Crippen LogP contribution in [0.15, 0.2) is 30.3 Å². The fourth-order valence-electron chi connectivity index (χ4n) is 2.30. The molecule has 0 N–H and O–H groups in total. The molecule has 1 unspecified atom stereocenters. The van der Waals surface area contributed by atoms with Crippen LogP contribution >= 0.6 is 0 Å². The van der Waals surface area contributed by atoms with Gasteiger partial charge in [-0.05, 0) is 11.5 Å². The second kappa shape index (κ2) is 6.01. The van der Waals surface area contributed by atoms with Gasteiger partial charge < -0.3 is 4.74 Å². The van der Waals surface area contributed by atoms with E-state index in [4.69, 9.17) is 4.74 Å². The van der Waals surface area contributed by atoms with Crippen molar-refractivity contribution < 1.29 is 9.53 Å². The average molecular weight is 247 g/mol. The topological polar surface area (TPSA) is 29.5 Å². The van der Waals surface area contributed by atoms with Crippen LogP contribution in [0.3, 0.4) is 0 Å². The van der Waals surface area contributed by atoms with Crippen molar-refractivity contribution in [3.05, 3.63) is 35.9 Å². The zero-order valence-corrected chi connectivity index (χ0v) is 11.1. The van der Waals surface area contributed by atoms with Gasteiger partial charge in [-0.25, -0.2) is 0 Å². The van der Waals surface area contributed by atoms with Gasteiger partial charge in [0.05, 0.1) is 12.6 Å². The molecule has 1 aromatic rings. The maximum atomic E-state index is 11.5. The Labute approximate surface area is 109 Å². The summed E-state index contributed by atoms with van der Waals surface area (Å²) in [5.74, 6) is 0.493. The molecule has 0 amide bonds. The first kappa shape index (κ1) is 13.1. The van der Waals surface area contributed by atoms with Crippen molar-refractivity contribution in [3.8, 4) is 0 Å². The first-order valence-electron chi connectivity index (χ1n) is 6.65. The number of carbonyl (C=O) groups is 1. The summed E-state index contributed by atoms with van der Waals surface area (Å²) >= 11 is 0. The Morgan fingerprint density at radius 1 is 1.39 bits per heavy atom. The summed E-state index contributed by atoms with van der Waals surface area (Å²) in [5, 5.41) is 0. The Kier molecular flexibility index (Phi) is 4.37. The summed E-state index contributed by atoms with van der Waals surface area (Å²) in [6.07, 6.45) is 1.13. The van der Waals surface area contributed by atoms with E-state index in [0.717, 1.165) is 13.0 Å².